The average Bonchev–Trinajstić information content (AvgIpc) is 2.35. The maximum Gasteiger partial charge on any atom is 0.329 e. The molecule has 0 aromatic heterocycles. The summed E-state index contributed by atoms with van der Waals surface area (Å²) in [6.45, 7) is 3.93. The topological polar surface area (TPSA) is 75.6 Å². The lowest BCUT2D eigenvalue weighted by molar-refractivity contribution is -0.150. The van der Waals surface area contributed by atoms with Crippen LogP contribution in [0.15, 0.2) is 0 Å². The molecule has 1 saturated carbocycles. The van der Waals surface area contributed by atoms with E-state index in [4.69, 9.17) is 4.74 Å². The zero-order valence-electron chi connectivity index (χ0n) is 12.1. The molecule has 1 rings (SSSR count). The third-order valence-electron chi connectivity index (χ3n) is 3.97. The van der Waals surface area contributed by atoms with E-state index < -0.39 is 11.5 Å². The van der Waals surface area contributed by atoms with Crippen molar-refractivity contribution >= 4 is 11.9 Å². The van der Waals surface area contributed by atoms with Crippen LogP contribution in [-0.4, -0.2) is 35.7 Å². The van der Waals surface area contributed by atoms with Crippen molar-refractivity contribution in [3.8, 4) is 0 Å². The molecule has 0 heterocycles. The number of amides is 1. The number of hydrogen-bond donors (Lipinski definition) is 2. The maximum absolute atomic E-state index is 11.9. The Hall–Kier alpha value is -1.10. The average molecular weight is 271 g/mol. The second-order valence-corrected chi connectivity index (χ2v) is 5.72. The highest BCUT2D eigenvalue weighted by molar-refractivity contribution is 5.87. The van der Waals surface area contributed by atoms with Gasteiger partial charge in [-0.25, -0.2) is 4.79 Å². The molecular formula is C14H25NO4. The molecule has 0 aromatic carbocycles. The van der Waals surface area contributed by atoms with E-state index in [1.165, 1.54) is 0 Å². The molecule has 1 aliphatic carbocycles. The molecule has 0 spiro atoms. The Kier molecular flexibility index (Phi) is 5.79. The van der Waals surface area contributed by atoms with Crippen LogP contribution in [0, 0.1) is 5.92 Å². The van der Waals surface area contributed by atoms with Crippen molar-refractivity contribution in [3.63, 3.8) is 0 Å². The highest BCUT2D eigenvalue weighted by Gasteiger charge is 2.42. The van der Waals surface area contributed by atoms with Gasteiger partial charge in [0.15, 0.2) is 0 Å². The Morgan fingerprint density at radius 2 is 2.21 bits per heavy atom. The van der Waals surface area contributed by atoms with Gasteiger partial charge in [0.25, 0.3) is 0 Å². The van der Waals surface area contributed by atoms with Gasteiger partial charge in [0.2, 0.25) is 5.91 Å². The first-order chi connectivity index (χ1) is 8.89. The van der Waals surface area contributed by atoms with Gasteiger partial charge in [0.05, 0.1) is 6.10 Å². The van der Waals surface area contributed by atoms with Crippen molar-refractivity contribution < 1.29 is 19.4 Å². The third-order valence-corrected chi connectivity index (χ3v) is 3.97. The van der Waals surface area contributed by atoms with Gasteiger partial charge in [0.1, 0.15) is 5.54 Å². The van der Waals surface area contributed by atoms with E-state index in [2.05, 4.69) is 5.32 Å². The predicted molar refractivity (Wildman–Crippen MR) is 71.8 cm³/mol. The minimum atomic E-state index is -1.06. The molecule has 0 saturated heterocycles. The van der Waals surface area contributed by atoms with Gasteiger partial charge in [-0.05, 0) is 32.1 Å². The van der Waals surface area contributed by atoms with Crippen LogP contribution >= 0.6 is 0 Å². The van der Waals surface area contributed by atoms with Crippen molar-refractivity contribution in [1.82, 2.24) is 5.32 Å². The number of nitrogens with one attached hydrogen (secondary N) is 1. The monoisotopic (exact) mass is 271 g/mol. The molecular weight excluding hydrogens is 246 g/mol. The van der Waals surface area contributed by atoms with E-state index in [-0.39, 0.29) is 12.0 Å². The second kappa shape index (κ2) is 6.89. The summed E-state index contributed by atoms with van der Waals surface area (Å²) >= 11 is 0. The quantitative estimate of drug-likeness (QED) is 0.774. The van der Waals surface area contributed by atoms with Crippen LogP contribution in [0.1, 0.15) is 52.4 Å². The van der Waals surface area contributed by atoms with Crippen molar-refractivity contribution in [2.24, 2.45) is 5.92 Å². The number of methoxy groups -OCH3 is 1. The number of carbonyl (C=O) groups excluding carboxylic acids is 1. The van der Waals surface area contributed by atoms with Crippen molar-refractivity contribution in [2.45, 2.75) is 64.0 Å². The summed E-state index contributed by atoms with van der Waals surface area (Å²) in [5.74, 6) is -0.768. The molecule has 3 atom stereocenters. The van der Waals surface area contributed by atoms with Crippen LogP contribution in [0.5, 0.6) is 0 Å². The molecule has 0 bridgehead atoms. The van der Waals surface area contributed by atoms with Crippen molar-refractivity contribution in [2.75, 3.05) is 7.11 Å². The highest BCUT2D eigenvalue weighted by atomic mass is 16.5. The van der Waals surface area contributed by atoms with Gasteiger partial charge in [-0.3, -0.25) is 4.79 Å². The van der Waals surface area contributed by atoms with Crippen LogP contribution in [0.25, 0.3) is 0 Å². The van der Waals surface area contributed by atoms with Crippen molar-refractivity contribution in [1.29, 1.82) is 0 Å². The summed E-state index contributed by atoms with van der Waals surface area (Å²) in [5.41, 5.74) is -1.06. The molecule has 5 heteroatoms. The Labute approximate surface area is 114 Å². The summed E-state index contributed by atoms with van der Waals surface area (Å²) in [6, 6.07) is 0. The predicted octanol–water partition coefficient (Wildman–Crippen LogP) is 1.95. The Morgan fingerprint density at radius 1 is 1.53 bits per heavy atom. The number of carbonyl (C=O) groups is 2. The highest BCUT2D eigenvalue weighted by Crippen LogP contribution is 2.32. The first-order valence-electron chi connectivity index (χ1n) is 6.97. The third kappa shape index (κ3) is 4.49. The van der Waals surface area contributed by atoms with E-state index in [0.29, 0.717) is 31.6 Å². The molecule has 3 unspecified atom stereocenters. The molecule has 1 aliphatic rings. The zero-order valence-corrected chi connectivity index (χ0v) is 12.1. The standard InChI is InChI=1S/C14H25NO4/c1-10-5-4-8-14(9-10,13(17)18)15-12(16)7-6-11(2)19-3/h10-11H,4-9H2,1-3H3,(H,15,16)(H,17,18). The number of rotatable bonds is 6. The fraction of sp³-hybridized carbons (Fsp3) is 0.857. The Balaban J connectivity index is 2.58. The lowest BCUT2D eigenvalue weighted by Crippen LogP contribution is -2.56. The smallest absolute Gasteiger partial charge is 0.329 e. The number of carboxylic acids is 1. The second-order valence-electron chi connectivity index (χ2n) is 5.72. The fourth-order valence-electron chi connectivity index (χ4n) is 2.69. The summed E-state index contributed by atoms with van der Waals surface area (Å²) in [4.78, 5) is 23.4. The Bertz CT molecular complexity index is 331. The number of aliphatic carboxylic acids is 1. The van der Waals surface area contributed by atoms with Gasteiger partial charge >= 0.3 is 5.97 Å². The zero-order chi connectivity index (χ0) is 14.5. The number of hydrogen-bond acceptors (Lipinski definition) is 3. The van der Waals surface area contributed by atoms with Crippen LogP contribution in [0.2, 0.25) is 0 Å². The van der Waals surface area contributed by atoms with Crippen LogP contribution < -0.4 is 5.32 Å². The van der Waals surface area contributed by atoms with Gasteiger partial charge in [-0.15, -0.1) is 0 Å². The van der Waals surface area contributed by atoms with E-state index in [9.17, 15) is 14.7 Å². The summed E-state index contributed by atoms with van der Waals surface area (Å²) in [6.07, 6.45) is 3.85. The minimum Gasteiger partial charge on any atom is -0.480 e. The molecule has 2 N–H and O–H groups in total. The minimum absolute atomic E-state index is 0.0109. The van der Waals surface area contributed by atoms with Gasteiger partial charge in [-0.2, -0.15) is 0 Å². The van der Waals surface area contributed by atoms with E-state index >= 15 is 0 Å². The van der Waals surface area contributed by atoms with Gasteiger partial charge < -0.3 is 15.2 Å². The molecule has 5 nitrogen and oxygen atoms in total. The number of carboxylic acid groups (broad SMARTS) is 1. The normalized spacial score (nSPS) is 28.7. The summed E-state index contributed by atoms with van der Waals surface area (Å²) in [7, 11) is 1.60. The Morgan fingerprint density at radius 3 is 2.74 bits per heavy atom. The SMILES string of the molecule is COC(C)CCC(=O)NC1(C(=O)O)CCCC(C)C1. The van der Waals surface area contributed by atoms with Crippen LogP contribution in [0.4, 0.5) is 0 Å². The largest absolute Gasteiger partial charge is 0.480 e. The maximum atomic E-state index is 11.9. The first-order valence-corrected chi connectivity index (χ1v) is 6.97. The molecule has 0 radical (unpaired) electrons. The molecule has 110 valence electrons. The van der Waals surface area contributed by atoms with E-state index in [0.717, 1.165) is 12.8 Å². The summed E-state index contributed by atoms with van der Waals surface area (Å²) < 4.78 is 5.08. The molecule has 0 aliphatic heterocycles. The van der Waals surface area contributed by atoms with Crippen LogP contribution in [-0.2, 0) is 14.3 Å². The fourth-order valence-corrected chi connectivity index (χ4v) is 2.69. The summed E-state index contributed by atoms with van der Waals surface area (Å²) in [5, 5.41) is 12.2. The lowest BCUT2D eigenvalue weighted by Gasteiger charge is -2.37. The lowest BCUT2D eigenvalue weighted by atomic mass is 9.76. The van der Waals surface area contributed by atoms with E-state index in [1.807, 2.05) is 13.8 Å². The first kappa shape index (κ1) is 16.0. The molecule has 0 aromatic rings. The molecule has 1 fully saturated rings. The molecule has 19 heavy (non-hydrogen) atoms. The van der Waals surface area contributed by atoms with Crippen molar-refractivity contribution in [3.05, 3.63) is 0 Å². The van der Waals surface area contributed by atoms with E-state index in [1.54, 1.807) is 7.11 Å². The van der Waals surface area contributed by atoms with Gasteiger partial charge in [0, 0.05) is 13.5 Å². The molecule has 1 amide bonds. The van der Waals surface area contributed by atoms with Crippen LogP contribution in [0.3, 0.4) is 0 Å². The van der Waals surface area contributed by atoms with Gasteiger partial charge in [-0.1, -0.05) is 19.8 Å². The number of ether oxygens (including phenoxy) is 1.